The van der Waals surface area contributed by atoms with E-state index in [9.17, 15) is 4.79 Å². The van der Waals surface area contributed by atoms with E-state index in [-0.39, 0.29) is 24.6 Å². The zero-order valence-electron chi connectivity index (χ0n) is 13.1. The number of ether oxygens (including phenoxy) is 3. The van der Waals surface area contributed by atoms with Crippen molar-refractivity contribution in [3.05, 3.63) is 29.3 Å². The number of hydrogen-bond acceptors (Lipinski definition) is 4. The van der Waals surface area contributed by atoms with E-state index in [0.717, 1.165) is 36.1 Å². The van der Waals surface area contributed by atoms with Crippen molar-refractivity contribution in [1.82, 2.24) is 0 Å². The van der Waals surface area contributed by atoms with E-state index < -0.39 is 0 Å². The maximum Gasteiger partial charge on any atom is 0.309 e. The largest absolute Gasteiger partial charge is 0.493 e. The Kier molecular flexibility index (Phi) is 5.62. The van der Waals surface area contributed by atoms with Crippen molar-refractivity contribution in [2.24, 2.45) is 0 Å². The molecule has 1 aromatic carbocycles. The molecular formula is C17H24O4. The van der Waals surface area contributed by atoms with Gasteiger partial charge in [-0.3, -0.25) is 4.79 Å². The van der Waals surface area contributed by atoms with E-state index in [4.69, 9.17) is 14.2 Å². The number of carbonyl (C=O) groups excluding carboxylic acids is 1. The molecule has 0 bridgehead atoms. The minimum Gasteiger partial charge on any atom is -0.493 e. The summed E-state index contributed by atoms with van der Waals surface area (Å²) in [6.45, 7) is 4.36. The predicted molar refractivity (Wildman–Crippen MR) is 80.6 cm³/mol. The molecule has 116 valence electrons. The van der Waals surface area contributed by atoms with Crippen LogP contribution in [0.2, 0.25) is 0 Å². The van der Waals surface area contributed by atoms with E-state index in [0.29, 0.717) is 6.61 Å². The lowest BCUT2D eigenvalue weighted by Gasteiger charge is -2.18. The summed E-state index contributed by atoms with van der Waals surface area (Å²) in [4.78, 5) is 11.8. The first kappa shape index (κ1) is 15.8. The molecular weight excluding hydrogens is 268 g/mol. The number of esters is 1. The van der Waals surface area contributed by atoms with Crippen molar-refractivity contribution in [3.8, 4) is 5.75 Å². The highest BCUT2D eigenvalue weighted by molar-refractivity contribution is 5.69. The highest BCUT2D eigenvalue weighted by atomic mass is 16.6. The van der Waals surface area contributed by atoms with Crippen LogP contribution in [0.5, 0.6) is 5.75 Å². The van der Waals surface area contributed by atoms with Gasteiger partial charge in [0.2, 0.25) is 0 Å². The van der Waals surface area contributed by atoms with E-state index in [2.05, 4.69) is 0 Å². The standard InChI is InChI=1S/C17H24O4/c1-12-7-8-13(2)16(11-12)20-10-9-17(18)21-15-6-4-5-14(15)19-3/h7-8,11,14-15H,4-6,9-10H2,1-3H3/t14-,15-/m0/s1. The summed E-state index contributed by atoms with van der Waals surface area (Å²) in [5.41, 5.74) is 2.22. The molecule has 1 aliphatic rings. The van der Waals surface area contributed by atoms with Crippen molar-refractivity contribution in [2.45, 2.75) is 51.7 Å². The van der Waals surface area contributed by atoms with Crippen molar-refractivity contribution < 1.29 is 19.0 Å². The van der Waals surface area contributed by atoms with Crippen LogP contribution in [0.1, 0.15) is 36.8 Å². The summed E-state index contributed by atoms with van der Waals surface area (Å²) in [7, 11) is 1.67. The number of carbonyl (C=O) groups is 1. The van der Waals surface area contributed by atoms with E-state index >= 15 is 0 Å². The zero-order valence-corrected chi connectivity index (χ0v) is 13.1. The predicted octanol–water partition coefficient (Wildman–Crippen LogP) is 3.18. The van der Waals surface area contributed by atoms with Gasteiger partial charge >= 0.3 is 5.97 Å². The lowest BCUT2D eigenvalue weighted by Crippen LogP contribution is -2.28. The smallest absolute Gasteiger partial charge is 0.309 e. The molecule has 0 amide bonds. The Labute approximate surface area is 126 Å². The third kappa shape index (κ3) is 4.46. The van der Waals surface area contributed by atoms with Crippen LogP contribution in [0.3, 0.4) is 0 Å². The molecule has 4 nitrogen and oxygen atoms in total. The van der Waals surface area contributed by atoms with Gasteiger partial charge in [-0.1, -0.05) is 12.1 Å². The molecule has 1 fully saturated rings. The fourth-order valence-corrected chi connectivity index (χ4v) is 2.63. The van der Waals surface area contributed by atoms with Gasteiger partial charge in [0.05, 0.1) is 19.1 Å². The fraction of sp³-hybridized carbons (Fsp3) is 0.588. The number of benzene rings is 1. The van der Waals surface area contributed by atoms with Crippen LogP contribution in [-0.2, 0) is 14.3 Å². The third-order valence-electron chi connectivity index (χ3n) is 3.88. The minimum atomic E-state index is -0.214. The molecule has 2 atom stereocenters. The van der Waals surface area contributed by atoms with Gasteiger partial charge in [0, 0.05) is 7.11 Å². The van der Waals surface area contributed by atoms with Gasteiger partial charge in [-0.15, -0.1) is 0 Å². The molecule has 0 aromatic heterocycles. The van der Waals surface area contributed by atoms with Crippen LogP contribution < -0.4 is 4.74 Å². The first-order valence-electron chi connectivity index (χ1n) is 7.52. The van der Waals surface area contributed by atoms with Gasteiger partial charge in [0.15, 0.2) is 0 Å². The molecule has 0 aliphatic heterocycles. The molecule has 0 spiro atoms. The van der Waals surface area contributed by atoms with Crippen molar-refractivity contribution >= 4 is 5.97 Å². The molecule has 4 heteroatoms. The van der Waals surface area contributed by atoms with Gasteiger partial charge in [-0.2, -0.15) is 0 Å². The highest BCUT2D eigenvalue weighted by Gasteiger charge is 2.30. The monoisotopic (exact) mass is 292 g/mol. The Morgan fingerprint density at radius 3 is 2.76 bits per heavy atom. The SMILES string of the molecule is CO[C@H]1CCC[C@@H]1OC(=O)CCOc1cc(C)ccc1C. The Morgan fingerprint density at radius 2 is 2.00 bits per heavy atom. The number of methoxy groups -OCH3 is 1. The summed E-state index contributed by atoms with van der Waals surface area (Å²) in [5, 5.41) is 0. The Morgan fingerprint density at radius 1 is 1.24 bits per heavy atom. The molecule has 2 rings (SSSR count). The molecule has 0 saturated heterocycles. The second-order valence-corrected chi connectivity index (χ2v) is 5.60. The summed E-state index contributed by atoms with van der Waals surface area (Å²) in [6.07, 6.45) is 3.13. The Bertz CT molecular complexity index is 484. The number of rotatable bonds is 6. The van der Waals surface area contributed by atoms with Crippen molar-refractivity contribution in [2.75, 3.05) is 13.7 Å². The second-order valence-electron chi connectivity index (χ2n) is 5.60. The fourth-order valence-electron chi connectivity index (χ4n) is 2.63. The number of aryl methyl sites for hydroxylation is 2. The van der Waals surface area contributed by atoms with Crippen LogP contribution >= 0.6 is 0 Å². The van der Waals surface area contributed by atoms with Crippen LogP contribution in [0, 0.1) is 13.8 Å². The topological polar surface area (TPSA) is 44.8 Å². The van der Waals surface area contributed by atoms with Crippen LogP contribution in [0.15, 0.2) is 18.2 Å². The summed E-state index contributed by atoms with van der Waals surface area (Å²) < 4.78 is 16.5. The van der Waals surface area contributed by atoms with Crippen LogP contribution in [0.25, 0.3) is 0 Å². The van der Waals surface area contributed by atoms with E-state index in [1.807, 2.05) is 32.0 Å². The first-order valence-corrected chi connectivity index (χ1v) is 7.52. The van der Waals surface area contributed by atoms with Gasteiger partial charge in [-0.25, -0.2) is 0 Å². The van der Waals surface area contributed by atoms with Gasteiger partial charge in [0.1, 0.15) is 11.9 Å². The van der Waals surface area contributed by atoms with E-state index in [1.54, 1.807) is 7.11 Å². The Hall–Kier alpha value is -1.55. The van der Waals surface area contributed by atoms with E-state index in [1.165, 1.54) is 0 Å². The lowest BCUT2D eigenvalue weighted by molar-refractivity contribution is -0.154. The molecule has 0 radical (unpaired) electrons. The van der Waals surface area contributed by atoms with Gasteiger partial charge in [-0.05, 0) is 50.3 Å². The molecule has 1 aliphatic carbocycles. The molecule has 1 aromatic rings. The number of hydrogen-bond donors (Lipinski definition) is 0. The molecule has 1 saturated carbocycles. The minimum absolute atomic E-state index is 0.0499. The third-order valence-corrected chi connectivity index (χ3v) is 3.88. The zero-order chi connectivity index (χ0) is 15.2. The lowest BCUT2D eigenvalue weighted by atomic mass is 10.1. The first-order chi connectivity index (χ1) is 10.1. The highest BCUT2D eigenvalue weighted by Crippen LogP contribution is 2.25. The maximum atomic E-state index is 11.8. The van der Waals surface area contributed by atoms with Crippen LogP contribution in [0.4, 0.5) is 0 Å². The van der Waals surface area contributed by atoms with Crippen molar-refractivity contribution in [3.63, 3.8) is 0 Å². The summed E-state index contributed by atoms with van der Waals surface area (Å²) >= 11 is 0. The average Bonchev–Trinajstić information content (AvgIpc) is 2.89. The normalized spacial score (nSPS) is 21.3. The van der Waals surface area contributed by atoms with Gasteiger partial charge < -0.3 is 14.2 Å². The summed E-state index contributed by atoms with van der Waals surface area (Å²) in [6, 6.07) is 6.05. The van der Waals surface area contributed by atoms with Crippen LogP contribution in [-0.4, -0.2) is 31.9 Å². The summed E-state index contributed by atoms with van der Waals surface area (Å²) in [5.74, 6) is 0.618. The molecule has 0 N–H and O–H groups in total. The second kappa shape index (κ2) is 7.46. The molecule has 21 heavy (non-hydrogen) atoms. The quantitative estimate of drug-likeness (QED) is 0.755. The maximum absolute atomic E-state index is 11.8. The van der Waals surface area contributed by atoms with Crippen molar-refractivity contribution in [1.29, 1.82) is 0 Å². The average molecular weight is 292 g/mol. The molecule has 0 unspecified atom stereocenters. The van der Waals surface area contributed by atoms with Gasteiger partial charge in [0.25, 0.3) is 0 Å². The Balaban J connectivity index is 1.75. The molecule has 0 heterocycles.